The summed E-state index contributed by atoms with van der Waals surface area (Å²) in [5.74, 6) is -3.48. The Hall–Kier alpha value is -1.02. The largest absolute Gasteiger partial charge is 0.417 e. The summed E-state index contributed by atoms with van der Waals surface area (Å²) in [7, 11) is 1.11. The lowest BCUT2D eigenvalue weighted by atomic mass is 9.82. The quantitative estimate of drug-likeness (QED) is 0.371. The van der Waals surface area contributed by atoms with Gasteiger partial charge in [-0.25, -0.2) is 4.39 Å². The number of rotatable bonds is 8. The minimum atomic E-state index is -4.88. The molecule has 118 valence electrons. The molecule has 2 atom stereocenters. The highest BCUT2D eigenvalue weighted by atomic mass is 19.4. The predicted octanol–water partition coefficient (Wildman–Crippen LogP) is 4.59. The van der Waals surface area contributed by atoms with E-state index in [1.807, 2.05) is 0 Å². The highest BCUT2D eigenvalue weighted by molar-refractivity contribution is 5.02. The number of allylic oxidation sites excluding steroid dienone is 2. The molecule has 0 spiro atoms. The molecular weight excluding hydrogens is 290 g/mol. The Morgan fingerprint density at radius 3 is 2.15 bits per heavy atom. The van der Waals surface area contributed by atoms with Crippen molar-refractivity contribution in [3.63, 3.8) is 0 Å². The molecule has 0 aromatic rings. The first-order chi connectivity index (χ1) is 9.10. The van der Waals surface area contributed by atoms with E-state index < -0.39 is 42.8 Å². The van der Waals surface area contributed by atoms with Crippen molar-refractivity contribution in [3.8, 4) is 0 Å². The average molecular weight is 306 g/mol. The number of ether oxygens (including phenoxy) is 2. The van der Waals surface area contributed by atoms with Crippen LogP contribution in [-0.2, 0) is 9.47 Å². The molecule has 0 rings (SSSR count). The van der Waals surface area contributed by atoms with Gasteiger partial charge in [0.1, 0.15) is 6.79 Å². The van der Waals surface area contributed by atoms with Crippen LogP contribution < -0.4 is 0 Å². The molecule has 0 aromatic heterocycles. The summed E-state index contributed by atoms with van der Waals surface area (Å²) >= 11 is 0. The molecule has 0 aliphatic rings. The van der Waals surface area contributed by atoms with Gasteiger partial charge in [-0.05, 0) is 13.3 Å². The minimum absolute atomic E-state index is 0.347. The van der Waals surface area contributed by atoms with Gasteiger partial charge < -0.3 is 9.47 Å². The van der Waals surface area contributed by atoms with E-state index in [1.165, 1.54) is 0 Å². The molecule has 0 bridgehead atoms. The summed E-state index contributed by atoms with van der Waals surface area (Å²) in [6.07, 6.45) is -7.88. The lowest BCUT2D eigenvalue weighted by molar-refractivity contribution is -0.307. The van der Waals surface area contributed by atoms with Crippen LogP contribution in [0, 0.1) is 5.92 Å². The molecular formula is C12H16F6O2. The molecule has 0 aromatic carbocycles. The van der Waals surface area contributed by atoms with Gasteiger partial charge in [0.25, 0.3) is 0 Å². The maximum Gasteiger partial charge on any atom is 0.417 e. The molecule has 0 aliphatic heterocycles. The number of halogens is 6. The maximum atomic E-state index is 13.1. The summed E-state index contributed by atoms with van der Waals surface area (Å²) in [5, 5.41) is 0. The molecule has 8 heteroatoms. The second-order valence-electron chi connectivity index (χ2n) is 4.25. The van der Waals surface area contributed by atoms with E-state index in [-0.39, 0.29) is 6.42 Å². The Balaban J connectivity index is 5.43. The molecule has 0 saturated carbocycles. The Morgan fingerprint density at radius 2 is 1.80 bits per heavy atom. The molecule has 2 nitrogen and oxygen atoms in total. The van der Waals surface area contributed by atoms with Gasteiger partial charge in [0.15, 0.2) is 11.4 Å². The van der Waals surface area contributed by atoms with Crippen LogP contribution in [0.5, 0.6) is 0 Å². The van der Waals surface area contributed by atoms with Crippen LogP contribution in [-0.4, -0.2) is 25.7 Å². The third kappa shape index (κ3) is 4.82. The van der Waals surface area contributed by atoms with Crippen molar-refractivity contribution < 1.29 is 35.8 Å². The topological polar surface area (TPSA) is 18.5 Å². The van der Waals surface area contributed by atoms with Crippen molar-refractivity contribution in [2.24, 2.45) is 5.92 Å². The maximum absolute atomic E-state index is 13.1. The van der Waals surface area contributed by atoms with Crippen LogP contribution in [0.15, 0.2) is 24.6 Å². The van der Waals surface area contributed by atoms with E-state index in [0.29, 0.717) is 6.92 Å². The van der Waals surface area contributed by atoms with Crippen molar-refractivity contribution >= 4 is 0 Å². The Kier molecular flexibility index (Phi) is 7.29. The van der Waals surface area contributed by atoms with Crippen LogP contribution in [0.3, 0.4) is 0 Å². The first kappa shape index (κ1) is 19.0. The fourth-order valence-corrected chi connectivity index (χ4v) is 1.61. The smallest absolute Gasteiger partial charge is 0.359 e. The van der Waals surface area contributed by atoms with Gasteiger partial charge in [-0.2, -0.15) is 22.0 Å². The Bertz CT molecular complexity index is 348. The molecule has 2 unspecified atom stereocenters. The molecule has 0 fully saturated rings. The van der Waals surface area contributed by atoms with E-state index in [9.17, 15) is 26.3 Å². The normalized spacial score (nSPS) is 16.4. The fraction of sp³-hybridized carbons (Fsp3) is 0.667. The molecule has 0 radical (unpaired) electrons. The second-order valence-corrected chi connectivity index (χ2v) is 4.25. The summed E-state index contributed by atoms with van der Waals surface area (Å²) in [5.41, 5.74) is -2.83. The minimum Gasteiger partial charge on any atom is -0.359 e. The average Bonchev–Trinajstić information content (AvgIpc) is 2.33. The zero-order valence-corrected chi connectivity index (χ0v) is 11.1. The van der Waals surface area contributed by atoms with Crippen molar-refractivity contribution in [1.29, 1.82) is 0 Å². The number of hydrogen-bond acceptors (Lipinski definition) is 2. The lowest BCUT2D eigenvalue weighted by Crippen LogP contribution is -2.51. The fourth-order valence-electron chi connectivity index (χ4n) is 1.61. The highest BCUT2D eigenvalue weighted by Gasteiger charge is 2.57. The number of methoxy groups -OCH3 is 1. The van der Waals surface area contributed by atoms with Crippen molar-refractivity contribution in [2.45, 2.75) is 31.5 Å². The summed E-state index contributed by atoms with van der Waals surface area (Å²) in [6, 6.07) is 0. The predicted molar refractivity (Wildman–Crippen MR) is 60.7 cm³/mol. The van der Waals surface area contributed by atoms with E-state index >= 15 is 0 Å². The molecule has 0 aliphatic carbocycles. The van der Waals surface area contributed by atoms with E-state index in [4.69, 9.17) is 0 Å². The van der Waals surface area contributed by atoms with Crippen molar-refractivity contribution in [3.05, 3.63) is 24.6 Å². The molecule has 0 N–H and O–H groups in total. The second kappa shape index (κ2) is 7.68. The summed E-state index contributed by atoms with van der Waals surface area (Å²) in [4.78, 5) is 0. The van der Waals surface area contributed by atoms with Gasteiger partial charge in [-0.15, -0.1) is 6.58 Å². The van der Waals surface area contributed by atoms with Gasteiger partial charge in [0.2, 0.25) is 0 Å². The van der Waals surface area contributed by atoms with E-state index in [0.717, 1.165) is 13.2 Å². The molecule has 0 heterocycles. The van der Waals surface area contributed by atoms with Gasteiger partial charge in [0.05, 0.1) is 0 Å². The van der Waals surface area contributed by atoms with Crippen LogP contribution >= 0.6 is 0 Å². The van der Waals surface area contributed by atoms with Crippen LogP contribution in [0.1, 0.15) is 19.8 Å². The van der Waals surface area contributed by atoms with Crippen LogP contribution in [0.25, 0.3) is 0 Å². The first-order valence-corrected chi connectivity index (χ1v) is 5.60. The summed E-state index contributed by atoms with van der Waals surface area (Å²) < 4.78 is 85.5. The van der Waals surface area contributed by atoms with E-state index in [2.05, 4.69) is 16.1 Å². The zero-order chi connectivity index (χ0) is 16.0. The molecule has 0 saturated heterocycles. The monoisotopic (exact) mass is 306 g/mol. The third-order valence-corrected chi connectivity index (χ3v) is 2.90. The molecule has 0 amide bonds. The number of alkyl halides is 3. The summed E-state index contributed by atoms with van der Waals surface area (Å²) in [6.45, 7) is 3.22. The first-order valence-electron chi connectivity index (χ1n) is 5.60. The van der Waals surface area contributed by atoms with E-state index in [1.54, 1.807) is 0 Å². The van der Waals surface area contributed by atoms with Gasteiger partial charge in [-0.3, -0.25) is 0 Å². The van der Waals surface area contributed by atoms with Crippen LogP contribution in [0.4, 0.5) is 26.3 Å². The standard InChI is InChI=1S/C12H16F6O2/c1-4-5-8(6-9(13)10(14)15)11(2,12(16,17)18)20-7-19-3/h4,8H,1,5-7H2,2-3H3. The highest BCUT2D eigenvalue weighted by Crippen LogP contribution is 2.44. The number of hydrogen-bond donors (Lipinski definition) is 0. The van der Waals surface area contributed by atoms with Crippen molar-refractivity contribution in [2.75, 3.05) is 13.9 Å². The van der Waals surface area contributed by atoms with Gasteiger partial charge in [-0.1, -0.05) is 6.08 Å². The Morgan fingerprint density at radius 1 is 1.25 bits per heavy atom. The van der Waals surface area contributed by atoms with Gasteiger partial charge in [0, 0.05) is 19.4 Å². The third-order valence-electron chi connectivity index (χ3n) is 2.90. The zero-order valence-electron chi connectivity index (χ0n) is 11.1. The molecule has 20 heavy (non-hydrogen) atoms. The lowest BCUT2D eigenvalue weighted by Gasteiger charge is -2.38. The SMILES string of the molecule is C=CCC(CC(F)=C(F)F)C(C)(OCOC)C(F)(F)F. The Labute approximate surface area is 113 Å². The van der Waals surface area contributed by atoms with Crippen LogP contribution in [0.2, 0.25) is 0 Å². The van der Waals surface area contributed by atoms with Crippen molar-refractivity contribution in [1.82, 2.24) is 0 Å². The van der Waals surface area contributed by atoms with Gasteiger partial charge >= 0.3 is 12.3 Å².